The Balaban J connectivity index is 1.29. The van der Waals surface area contributed by atoms with Crippen LogP contribution in [0.15, 0.2) is 48.9 Å². The Kier molecular flexibility index (Phi) is 8.08. The van der Waals surface area contributed by atoms with Crippen molar-refractivity contribution in [2.24, 2.45) is 11.7 Å². The number of ether oxygens (including phenoxy) is 1. The lowest BCUT2D eigenvalue weighted by molar-refractivity contribution is -0.131. The number of pyridine rings is 1. The van der Waals surface area contributed by atoms with Crippen molar-refractivity contribution < 1.29 is 23.4 Å². The van der Waals surface area contributed by atoms with Crippen LogP contribution in [0.25, 0.3) is 16.8 Å². The van der Waals surface area contributed by atoms with E-state index in [2.05, 4.69) is 26.9 Å². The standard InChI is InChI=1S/C32H37F2N7O3/c1-19-17-40(18-26(35)31(19)39(3)20(2)42)28-6-9-36-15-21(28)12-29-37-16-23-4-5-27(38-41(23)29)30-24(33)13-22(14-25(30)34)32(43)7-10-44-11-8-32/h4-6,9,13-16,19,26,31,43H,7-8,10-12,17-18,35H2,1-3H3/t19-,26+,31-/m0/s1. The zero-order valence-electron chi connectivity index (χ0n) is 25.1. The summed E-state index contributed by atoms with van der Waals surface area (Å²) in [5, 5.41) is 15.6. The van der Waals surface area contributed by atoms with Crippen molar-refractivity contribution in [3.05, 3.63) is 77.5 Å². The van der Waals surface area contributed by atoms with E-state index in [0.717, 1.165) is 11.3 Å². The van der Waals surface area contributed by atoms with Crippen LogP contribution in [0.2, 0.25) is 0 Å². The molecular formula is C32H37F2N7O3. The number of halogens is 2. The minimum absolute atomic E-state index is 0.0132. The molecule has 2 fully saturated rings. The molecule has 0 aliphatic carbocycles. The lowest BCUT2D eigenvalue weighted by atomic mass is 9.85. The number of amides is 1. The van der Waals surface area contributed by atoms with Crippen molar-refractivity contribution in [2.45, 2.75) is 50.8 Å². The fourth-order valence-corrected chi connectivity index (χ4v) is 6.70. The molecule has 0 radical (unpaired) electrons. The number of fused-ring (bicyclic) bond motifs is 1. The third-order valence-corrected chi connectivity index (χ3v) is 9.08. The number of hydrogen-bond donors (Lipinski definition) is 2. The van der Waals surface area contributed by atoms with Gasteiger partial charge in [-0.05, 0) is 41.8 Å². The normalized spacial score (nSPS) is 21.9. The van der Waals surface area contributed by atoms with Gasteiger partial charge in [-0.15, -0.1) is 0 Å². The number of aromatic nitrogens is 4. The topological polar surface area (TPSA) is 122 Å². The number of aliphatic hydroxyl groups is 1. The molecule has 2 aliphatic heterocycles. The van der Waals surface area contributed by atoms with Crippen molar-refractivity contribution >= 4 is 17.1 Å². The number of benzene rings is 1. The van der Waals surface area contributed by atoms with Gasteiger partial charge in [0.1, 0.15) is 17.5 Å². The van der Waals surface area contributed by atoms with Crippen LogP contribution >= 0.6 is 0 Å². The average molecular weight is 606 g/mol. The van der Waals surface area contributed by atoms with Gasteiger partial charge in [-0.2, -0.15) is 5.10 Å². The number of imidazole rings is 1. The molecule has 0 bridgehead atoms. The number of carbonyl (C=O) groups is 1. The minimum Gasteiger partial charge on any atom is -0.385 e. The van der Waals surface area contributed by atoms with Crippen LogP contribution in [0.4, 0.5) is 14.5 Å². The van der Waals surface area contributed by atoms with E-state index < -0.39 is 17.2 Å². The lowest BCUT2D eigenvalue weighted by Gasteiger charge is -2.46. The Morgan fingerprint density at radius 2 is 1.89 bits per heavy atom. The third kappa shape index (κ3) is 5.53. The Morgan fingerprint density at radius 3 is 2.57 bits per heavy atom. The summed E-state index contributed by atoms with van der Waals surface area (Å²) in [7, 11) is 1.79. The summed E-state index contributed by atoms with van der Waals surface area (Å²) >= 11 is 0. The van der Waals surface area contributed by atoms with Crippen LogP contribution in [-0.4, -0.2) is 80.9 Å². The van der Waals surface area contributed by atoms with Crippen molar-refractivity contribution in [3.8, 4) is 11.3 Å². The smallest absolute Gasteiger partial charge is 0.219 e. The molecule has 2 saturated heterocycles. The van der Waals surface area contributed by atoms with Crippen molar-refractivity contribution in [3.63, 3.8) is 0 Å². The lowest BCUT2D eigenvalue weighted by Crippen LogP contribution is -2.62. The maximum atomic E-state index is 15.4. The summed E-state index contributed by atoms with van der Waals surface area (Å²) in [6, 6.07) is 7.29. The van der Waals surface area contributed by atoms with Crippen LogP contribution in [0.3, 0.4) is 0 Å². The van der Waals surface area contributed by atoms with Gasteiger partial charge in [-0.1, -0.05) is 6.92 Å². The zero-order chi connectivity index (χ0) is 31.2. The highest BCUT2D eigenvalue weighted by Gasteiger charge is 2.37. The Bertz CT molecular complexity index is 1650. The minimum atomic E-state index is -1.34. The molecule has 0 saturated carbocycles. The molecule has 232 valence electrons. The maximum absolute atomic E-state index is 15.4. The Hall–Kier alpha value is -4.00. The average Bonchev–Trinajstić information content (AvgIpc) is 3.38. The molecule has 6 rings (SSSR count). The summed E-state index contributed by atoms with van der Waals surface area (Å²) in [5.41, 5.74) is 7.82. The molecule has 3 N–H and O–H groups in total. The van der Waals surface area contributed by atoms with Crippen LogP contribution < -0.4 is 10.6 Å². The predicted molar refractivity (Wildman–Crippen MR) is 161 cm³/mol. The molecule has 4 aromatic rings. The first-order valence-corrected chi connectivity index (χ1v) is 14.9. The summed E-state index contributed by atoms with van der Waals surface area (Å²) in [4.78, 5) is 24.9. The molecule has 3 atom stereocenters. The molecular weight excluding hydrogens is 568 g/mol. The third-order valence-electron chi connectivity index (χ3n) is 9.08. The van der Waals surface area contributed by atoms with Gasteiger partial charge in [0.25, 0.3) is 0 Å². The van der Waals surface area contributed by atoms with E-state index in [1.54, 1.807) is 54.1 Å². The molecule has 12 heteroatoms. The van der Waals surface area contributed by atoms with Gasteiger partial charge in [-0.25, -0.2) is 18.3 Å². The number of carbonyl (C=O) groups excluding carboxylic acids is 1. The van der Waals surface area contributed by atoms with Crippen LogP contribution in [-0.2, 0) is 21.6 Å². The van der Waals surface area contributed by atoms with Crippen molar-refractivity contribution in [1.82, 2.24) is 24.5 Å². The van der Waals surface area contributed by atoms with Gasteiger partial charge in [-0.3, -0.25) is 9.78 Å². The first-order chi connectivity index (χ1) is 21.1. The molecule has 3 aromatic heterocycles. The molecule has 5 heterocycles. The van der Waals surface area contributed by atoms with E-state index in [-0.39, 0.29) is 53.6 Å². The van der Waals surface area contributed by atoms with Crippen molar-refractivity contribution in [1.29, 1.82) is 0 Å². The number of piperidine rings is 1. The van der Waals surface area contributed by atoms with E-state index in [0.29, 0.717) is 44.1 Å². The summed E-state index contributed by atoms with van der Waals surface area (Å²) in [6.45, 7) is 5.56. The van der Waals surface area contributed by atoms with Gasteiger partial charge in [0.15, 0.2) is 0 Å². The molecule has 1 amide bonds. The molecule has 0 unspecified atom stereocenters. The second-order valence-corrected chi connectivity index (χ2v) is 12.0. The molecule has 0 spiro atoms. The highest BCUT2D eigenvalue weighted by atomic mass is 19.1. The largest absolute Gasteiger partial charge is 0.385 e. The second-order valence-electron chi connectivity index (χ2n) is 12.0. The molecule has 10 nitrogen and oxygen atoms in total. The Labute approximate surface area is 254 Å². The SMILES string of the molecule is CC(=O)N(C)[C@@H]1[C@H](N)CN(c2ccncc2Cc2ncc3ccc(-c4c(F)cc(C5(O)CCOCC5)cc4F)nn23)C[C@@H]1C. The van der Waals surface area contributed by atoms with Gasteiger partial charge in [0.2, 0.25) is 5.91 Å². The van der Waals surface area contributed by atoms with Gasteiger partial charge in [0.05, 0.1) is 34.6 Å². The summed E-state index contributed by atoms with van der Waals surface area (Å²) < 4.78 is 37.8. The van der Waals surface area contributed by atoms with Gasteiger partial charge >= 0.3 is 0 Å². The first-order valence-electron chi connectivity index (χ1n) is 14.9. The number of anilines is 1. The maximum Gasteiger partial charge on any atom is 0.219 e. The monoisotopic (exact) mass is 605 g/mol. The molecule has 44 heavy (non-hydrogen) atoms. The van der Waals surface area contributed by atoms with E-state index in [4.69, 9.17) is 10.5 Å². The van der Waals surface area contributed by atoms with Crippen LogP contribution in [0.5, 0.6) is 0 Å². The summed E-state index contributed by atoms with van der Waals surface area (Å²) in [6.07, 6.45) is 6.08. The number of nitrogens with zero attached hydrogens (tertiary/aromatic N) is 6. The van der Waals surface area contributed by atoms with Gasteiger partial charge in [0, 0.05) is 89.2 Å². The fourth-order valence-electron chi connectivity index (χ4n) is 6.70. The highest BCUT2D eigenvalue weighted by molar-refractivity contribution is 5.73. The summed E-state index contributed by atoms with van der Waals surface area (Å²) in [5.74, 6) is -0.901. The molecule has 1 aromatic carbocycles. The van der Waals surface area contributed by atoms with Gasteiger partial charge < -0.3 is 25.4 Å². The van der Waals surface area contributed by atoms with E-state index >= 15 is 8.78 Å². The first kappa shape index (κ1) is 30.0. The van der Waals surface area contributed by atoms with Crippen LogP contribution in [0.1, 0.15) is 43.6 Å². The van der Waals surface area contributed by atoms with E-state index in [9.17, 15) is 9.90 Å². The van der Waals surface area contributed by atoms with E-state index in [1.165, 1.54) is 12.1 Å². The predicted octanol–water partition coefficient (Wildman–Crippen LogP) is 3.29. The second kappa shape index (κ2) is 11.8. The number of likely N-dealkylation sites (N-methyl/N-ethyl adjacent to an activating group) is 1. The number of rotatable bonds is 6. The number of hydrogen-bond acceptors (Lipinski definition) is 8. The van der Waals surface area contributed by atoms with Crippen molar-refractivity contribution in [2.75, 3.05) is 38.3 Å². The number of nitrogens with two attached hydrogens (primary N) is 1. The quantitative estimate of drug-likeness (QED) is 0.344. The van der Waals surface area contributed by atoms with Crippen LogP contribution in [0, 0.1) is 17.6 Å². The zero-order valence-corrected chi connectivity index (χ0v) is 25.1. The fraction of sp³-hybridized carbons (Fsp3) is 0.438. The highest BCUT2D eigenvalue weighted by Crippen LogP contribution is 2.36. The van der Waals surface area contributed by atoms with E-state index in [1.807, 2.05) is 6.07 Å². The molecule has 2 aliphatic rings. The Morgan fingerprint density at radius 1 is 1.16 bits per heavy atom.